The summed E-state index contributed by atoms with van der Waals surface area (Å²) in [7, 11) is 0. The molecule has 0 radical (unpaired) electrons. The lowest BCUT2D eigenvalue weighted by molar-refractivity contribution is -0.112. The third-order valence-corrected chi connectivity index (χ3v) is 4.93. The molecular weight excluding hydrogens is 254 g/mol. The van der Waals surface area contributed by atoms with Crippen LogP contribution in [0.4, 0.5) is 5.69 Å². The zero-order valence-corrected chi connectivity index (χ0v) is 12.1. The Labute approximate surface area is 118 Å². The largest absolute Gasteiger partial charge is 0.332 e. The highest BCUT2D eigenvalue weighted by atomic mass is 32.2. The maximum Gasteiger partial charge on any atom is 0.155 e. The number of rotatable bonds is 2. The van der Waals surface area contributed by atoms with Crippen molar-refractivity contribution in [3.05, 3.63) is 35.4 Å². The molecule has 1 fully saturated rings. The van der Waals surface area contributed by atoms with Crippen molar-refractivity contribution in [3.8, 4) is 0 Å². The number of anilines is 1. The summed E-state index contributed by atoms with van der Waals surface area (Å²) in [5, 5.41) is 1.11. The molecule has 0 bridgehead atoms. The summed E-state index contributed by atoms with van der Waals surface area (Å²) in [5.74, 6) is 0.135. The van der Waals surface area contributed by atoms with Gasteiger partial charge in [0.25, 0.3) is 0 Å². The van der Waals surface area contributed by atoms with Gasteiger partial charge in [-0.3, -0.25) is 4.79 Å². The van der Waals surface area contributed by atoms with Crippen molar-refractivity contribution in [2.75, 3.05) is 4.90 Å². The van der Waals surface area contributed by atoms with Crippen molar-refractivity contribution in [2.24, 2.45) is 0 Å². The average Bonchev–Trinajstić information content (AvgIpc) is 2.76. The van der Waals surface area contributed by atoms with Gasteiger partial charge in [-0.2, -0.15) is 0 Å². The van der Waals surface area contributed by atoms with Crippen LogP contribution >= 0.6 is 11.8 Å². The Morgan fingerprint density at radius 2 is 2.00 bits per heavy atom. The SMILES string of the molecule is CC(=O)/C=C1\Sc2ccccc2N1C1CCCCC1. The Balaban J connectivity index is 1.97. The standard InChI is InChI=1S/C16H19NOS/c1-12(18)11-16-17(13-7-3-2-4-8-13)14-9-5-6-10-15(14)19-16/h5-6,9-11,13H,2-4,7-8H2,1H3/b16-11-. The van der Waals surface area contributed by atoms with Crippen LogP contribution in [0.25, 0.3) is 0 Å². The monoisotopic (exact) mass is 273 g/mol. The lowest BCUT2D eigenvalue weighted by atomic mass is 9.94. The van der Waals surface area contributed by atoms with Crippen LogP contribution in [0.3, 0.4) is 0 Å². The highest BCUT2D eigenvalue weighted by molar-refractivity contribution is 8.03. The molecule has 2 aliphatic rings. The van der Waals surface area contributed by atoms with Crippen LogP contribution in [0.5, 0.6) is 0 Å². The second-order valence-corrected chi connectivity index (χ2v) is 6.39. The van der Waals surface area contributed by atoms with Crippen molar-refractivity contribution >= 4 is 23.2 Å². The summed E-state index contributed by atoms with van der Waals surface area (Å²) in [6.45, 7) is 1.63. The van der Waals surface area contributed by atoms with Crippen LogP contribution < -0.4 is 4.90 Å². The quantitative estimate of drug-likeness (QED) is 0.747. The first-order chi connectivity index (χ1) is 9.25. The second-order valence-electron chi connectivity index (χ2n) is 5.32. The molecule has 0 N–H and O–H groups in total. The van der Waals surface area contributed by atoms with E-state index < -0.39 is 0 Å². The average molecular weight is 273 g/mol. The fourth-order valence-electron chi connectivity index (χ4n) is 3.01. The number of carbonyl (C=O) groups excluding carboxylic acids is 1. The molecule has 0 saturated heterocycles. The van der Waals surface area contributed by atoms with E-state index in [9.17, 15) is 4.79 Å². The number of allylic oxidation sites excluding steroid dienone is 1. The first-order valence-corrected chi connectivity index (χ1v) is 7.86. The molecule has 0 atom stereocenters. The third-order valence-electron chi connectivity index (χ3n) is 3.84. The number of para-hydroxylation sites is 1. The van der Waals surface area contributed by atoms with Crippen molar-refractivity contribution in [1.29, 1.82) is 0 Å². The minimum Gasteiger partial charge on any atom is -0.332 e. The molecule has 19 heavy (non-hydrogen) atoms. The van der Waals surface area contributed by atoms with Gasteiger partial charge in [0.1, 0.15) is 0 Å². The van der Waals surface area contributed by atoms with Crippen LogP contribution in [-0.2, 0) is 4.79 Å². The van der Waals surface area contributed by atoms with Gasteiger partial charge in [0.2, 0.25) is 0 Å². The number of hydrogen-bond acceptors (Lipinski definition) is 3. The summed E-state index contributed by atoms with van der Waals surface area (Å²) < 4.78 is 0. The molecule has 1 aliphatic heterocycles. The number of thioether (sulfide) groups is 1. The lowest BCUT2D eigenvalue weighted by Crippen LogP contribution is -2.33. The van der Waals surface area contributed by atoms with Gasteiger partial charge < -0.3 is 4.90 Å². The Morgan fingerprint density at radius 3 is 2.74 bits per heavy atom. The third kappa shape index (κ3) is 2.57. The minimum atomic E-state index is 0.135. The van der Waals surface area contributed by atoms with Crippen LogP contribution in [0.15, 0.2) is 40.3 Å². The predicted molar refractivity (Wildman–Crippen MR) is 80.4 cm³/mol. The molecule has 0 aromatic heterocycles. The summed E-state index contributed by atoms with van der Waals surface area (Å²) in [6.07, 6.45) is 8.24. The fourth-order valence-corrected chi connectivity index (χ4v) is 4.23. The first-order valence-electron chi connectivity index (χ1n) is 7.04. The Hall–Kier alpha value is -1.22. The zero-order chi connectivity index (χ0) is 13.2. The maximum atomic E-state index is 11.5. The fraction of sp³-hybridized carbons (Fsp3) is 0.438. The summed E-state index contributed by atoms with van der Waals surface area (Å²) in [5.41, 5.74) is 1.28. The molecule has 3 heteroatoms. The van der Waals surface area contributed by atoms with Gasteiger partial charge in [-0.05, 0) is 31.9 Å². The Bertz CT molecular complexity index is 517. The molecule has 0 unspecified atom stereocenters. The molecule has 0 amide bonds. The van der Waals surface area contributed by atoms with Crippen molar-refractivity contribution in [2.45, 2.75) is 50.0 Å². The minimum absolute atomic E-state index is 0.135. The zero-order valence-electron chi connectivity index (χ0n) is 11.3. The van der Waals surface area contributed by atoms with Gasteiger partial charge in [-0.25, -0.2) is 0 Å². The van der Waals surface area contributed by atoms with Crippen LogP contribution in [-0.4, -0.2) is 11.8 Å². The number of benzene rings is 1. The smallest absolute Gasteiger partial charge is 0.155 e. The van der Waals surface area contributed by atoms with Gasteiger partial charge in [-0.1, -0.05) is 43.2 Å². The molecule has 2 nitrogen and oxygen atoms in total. The normalized spacial score (nSPS) is 21.7. The van der Waals surface area contributed by atoms with Crippen LogP contribution in [0.2, 0.25) is 0 Å². The Morgan fingerprint density at radius 1 is 1.26 bits per heavy atom. The van der Waals surface area contributed by atoms with E-state index >= 15 is 0 Å². The Kier molecular flexibility index (Phi) is 3.65. The van der Waals surface area contributed by atoms with E-state index in [2.05, 4.69) is 29.2 Å². The van der Waals surface area contributed by atoms with E-state index in [0.717, 1.165) is 5.03 Å². The maximum absolute atomic E-state index is 11.5. The molecule has 1 heterocycles. The number of nitrogens with zero attached hydrogens (tertiary/aromatic N) is 1. The highest BCUT2D eigenvalue weighted by Crippen LogP contribution is 2.48. The number of hydrogen-bond donors (Lipinski definition) is 0. The molecular formula is C16H19NOS. The van der Waals surface area contributed by atoms with Gasteiger partial charge in [-0.15, -0.1) is 0 Å². The first kappa shape index (κ1) is 12.8. The van der Waals surface area contributed by atoms with E-state index in [4.69, 9.17) is 0 Å². The highest BCUT2D eigenvalue weighted by Gasteiger charge is 2.31. The topological polar surface area (TPSA) is 20.3 Å². The molecule has 1 aromatic carbocycles. The lowest BCUT2D eigenvalue weighted by Gasteiger charge is -2.33. The van der Waals surface area contributed by atoms with Gasteiger partial charge in [0.05, 0.1) is 10.7 Å². The van der Waals surface area contributed by atoms with Crippen LogP contribution in [0.1, 0.15) is 39.0 Å². The van der Waals surface area contributed by atoms with E-state index in [1.165, 1.54) is 42.7 Å². The van der Waals surface area contributed by atoms with Crippen molar-refractivity contribution in [3.63, 3.8) is 0 Å². The summed E-state index contributed by atoms with van der Waals surface area (Å²) in [6, 6.07) is 9.05. The van der Waals surface area contributed by atoms with Gasteiger partial charge in [0, 0.05) is 17.0 Å². The summed E-state index contributed by atoms with van der Waals surface area (Å²) in [4.78, 5) is 15.1. The van der Waals surface area contributed by atoms with Gasteiger partial charge >= 0.3 is 0 Å². The molecule has 100 valence electrons. The molecule has 1 saturated carbocycles. The number of carbonyl (C=O) groups is 1. The molecule has 0 spiro atoms. The van der Waals surface area contributed by atoms with E-state index in [1.54, 1.807) is 24.8 Å². The second kappa shape index (κ2) is 5.41. The summed E-state index contributed by atoms with van der Waals surface area (Å²) >= 11 is 1.73. The molecule has 1 aromatic rings. The molecule has 3 rings (SSSR count). The van der Waals surface area contributed by atoms with Crippen molar-refractivity contribution in [1.82, 2.24) is 0 Å². The number of fused-ring (bicyclic) bond motifs is 1. The van der Waals surface area contributed by atoms with E-state index in [0.29, 0.717) is 6.04 Å². The molecule has 1 aliphatic carbocycles. The van der Waals surface area contributed by atoms with Gasteiger partial charge in [0.15, 0.2) is 5.78 Å². The van der Waals surface area contributed by atoms with E-state index in [1.807, 2.05) is 0 Å². The van der Waals surface area contributed by atoms with E-state index in [-0.39, 0.29) is 5.78 Å². The number of ketones is 1. The van der Waals surface area contributed by atoms with Crippen molar-refractivity contribution < 1.29 is 4.79 Å². The van der Waals surface area contributed by atoms with Crippen LogP contribution in [0, 0.1) is 0 Å². The predicted octanol–water partition coefficient (Wildman–Crippen LogP) is 4.36.